The second kappa shape index (κ2) is 11.0. The second-order valence-electron chi connectivity index (χ2n) is 8.66. The molecule has 4 rings (SSSR count). The highest BCUT2D eigenvalue weighted by molar-refractivity contribution is 5.99. The van der Waals surface area contributed by atoms with Gasteiger partial charge in [0.2, 0.25) is 5.76 Å². The first-order valence-corrected chi connectivity index (χ1v) is 12.5. The van der Waals surface area contributed by atoms with Crippen molar-refractivity contribution in [2.24, 2.45) is 0 Å². The molecule has 8 nitrogen and oxygen atoms in total. The minimum atomic E-state index is -0.587. The molecule has 0 saturated heterocycles. The third kappa shape index (κ3) is 4.65. The number of hydrogen-bond donors (Lipinski definition) is 0. The zero-order valence-corrected chi connectivity index (χ0v) is 21.6. The van der Waals surface area contributed by atoms with Crippen molar-refractivity contribution in [2.45, 2.75) is 33.2 Å². The molecule has 1 unspecified atom stereocenters. The van der Waals surface area contributed by atoms with Crippen molar-refractivity contribution in [3.63, 3.8) is 0 Å². The number of nitrogens with zero attached hydrogens (tertiary/aromatic N) is 2. The van der Waals surface area contributed by atoms with Crippen LogP contribution in [0.1, 0.15) is 54.9 Å². The van der Waals surface area contributed by atoms with Crippen LogP contribution in [0.25, 0.3) is 11.0 Å². The van der Waals surface area contributed by atoms with Gasteiger partial charge in [-0.05, 0) is 62.8 Å². The quantitative estimate of drug-likeness (QED) is 0.389. The van der Waals surface area contributed by atoms with Gasteiger partial charge >= 0.3 is 0 Å². The lowest BCUT2D eigenvalue weighted by atomic mass is 9.98. The number of ether oxygens (including phenoxy) is 3. The lowest BCUT2D eigenvalue weighted by molar-refractivity contribution is 0.0720. The molecular weight excluding hydrogens is 460 g/mol. The summed E-state index contributed by atoms with van der Waals surface area (Å²) in [5.74, 6) is 1.50. The third-order valence-corrected chi connectivity index (χ3v) is 6.74. The van der Waals surface area contributed by atoms with Crippen molar-refractivity contribution in [1.29, 1.82) is 0 Å². The van der Waals surface area contributed by atoms with Crippen LogP contribution in [0.2, 0.25) is 0 Å². The molecule has 0 radical (unpaired) electrons. The minimum absolute atomic E-state index is 0.0868. The first-order valence-electron chi connectivity index (χ1n) is 12.5. The summed E-state index contributed by atoms with van der Waals surface area (Å²) in [6.07, 6.45) is 0.771. The van der Waals surface area contributed by atoms with Crippen molar-refractivity contribution < 1.29 is 23.4 Å². The van der Waals surface area contributed by atoms with E-state index in [2.05, 4.69) is 18.7 Å². The first kappa shape index (κ1) is 25.6. The highest BCUT2D eigenvalue weighted by Gasteiger charge is 2.42. The molecule has 2 aromatic carbocycles. The Hall–Kier alpha value is -3.52. The van der Waals surface area contributed by atoms with Gasteiger partial charge < -0.3 is 28.4 Å². The fourth-order valence-electron chi connectivity index (χ4n) is 4.86. The van der Waals surface area contributed by atoms with Crippen molar-refractivity contribution >= 4 is 16.9 Å². The molecule has 0 spiro atoms. The average Bonchev–Trinajstić information content (AvgIpc) is 3.17. The first-order chi connectivity index (χ1) is 17.5. The third-order valence-electron chi connectivity index (χ3n) is 6.74. The molecule has 1 aliphatic heterocycles. The second-order valence-corrected chi connectivity index (χ2v) is 8.66. The van der Waals surface area contributed by atoms with Crippen LogP contribution < -0.4 is 19.6 Å². The van der Waals surface area contributed by atoms with Gasteiger partial charge in [-0.15, -0.1) is 0 Å². The van der Waals surface area contributed by atoms with E-state index in [1.165, 1.54) is 0 Å². The summed E-state index contributed by atoms with van der Waals surface area (Å²) in [7, 11) is 3.14. The van der Waals surface area contributed by atoms with Crippen LogP contribution in [0.4, 0.5) is 0 Å². The van der Waals surface area contributed by atoms with Gasteiger partial charge in [-0.1, -0.05) is 19.9 Å². The maximum absolute atomic E-state index is 13.8. The molecular formula is C28H34N2O6. The molecule has 8 heteroatoms. The van der Waals surface area contributed by atoms with Crippen molar-refractivity contribution in [3.05, 3.63) is 63.5 Å². The SMILES string of the molecule is CCOc1ccc2c(=O)c3c(oc2c1)C(=O)N(CCCN(CC)CC)C3c1ccc(OC)c(OC)c1. The van der Waals surface area contributed by atoms with E-state index in [1.54, 1.807) is 43.4 Å². The normalized spacial score (nSPS) is 15.0. The summed E-state index contributed by atoms with van der Waals surface area (Å²) in [6.45, 7) is 9.84. The van der Waals surface area contributed by atoms with Crippen molar-refractivity contribution in [3.8, 4) is 17.2 Å². The van der Waals surface area contributed by atoms with E-state index in [4.69, 9.17) is 18.6 Å². The molecule has 1 aliphatic rings. The summed E-state index contributed by atoms with van der Waals surface area (Å²) < 4.78 is 22.6. The molecule has 1 aromatic heterocycles. The highest BCUT2D eigenvalue weighted by Crippen LogP contribution is 2.41. The number of methoxy groups -OCH3 is 2. The van der Waals surface area contributed by atoms with Gasteiger partial charge in [0, 0.05) is 12.6 Å². The molecule has 3 aromatic rings. The summed E-state index contributed by atoms with van der Waals surface area (Å²) in [5.41, 5.74) is 1.25. The zero-order chi connectivity index (χ0) is 25.8. The minimum Gasteiger partial charge on any atom is -0.494 e. The van der Waals surface area contributed by atoms with Gasteiger partial charge in [-0.25, -0.2) is 0 Å². The monoisotopic (exact) mass is 494 g/mol. The Balaban J connectivity index is 1.83. The van der Waals surface area contributed by atoms with E-state index < -0.39 is 6.04 Å². The van der Waals surface area contributed by atoms with E-state index in [9.17, 15) is 9.59 Å². The van der Waals surface area contributed by atoms with Gasteiger partial charge in [-0.2, -0.15) is 0 Å². The smallest absolute Gasteiger partial charge is 0.290 e. The highest BCUT2D eigenvalue weighted by atomic mass is 16.5. The van der Waals surface area contributed by atoms with Crippen LogP contribution in [0.5, 0.6) is 17.2 Å². The number of hydrogen-bond acceptors (Lipinski definition) is 7. The molecule has 0 fully saturated rings. The maximum Gasteiger partial charge on any atom is 0.290 e. The van der Waals surface area contributed by atoms with Crippen LogP contribution in [0.3, 0.4) is 0 Å². The molecule has 0 saturated carbocycles. The summed E-state index contributed by atoms with van der Waals surface area (Å²) in [6, 6.07) is 10.0. The van der Waals surface area contributed by atoms with Crippen LogP contribution in [-0.4, -0.2) is 62.7 Å². The van der Waals surface area contributed by atoms with Gasteiger partial charge in [0.1, 0.15) is 11.3 Å². The molecule has 2 heterocycles. The number of fused-ring (bicyclic) bond motifs is 2. The van der Waals surface area contributed by atoms with Crippen LogP contribution >= 0.6 is 0 Å². The van der Waals surface area contributed by atoms with Crippen LogP contribution in [0.15, 0.2) is 45.6 Å². The summed E-state index contributed by atoms with van der Waals surface area (Å²) >= 11 is 0. The molecule has 36 heavy (non-hydrogen) atoms. The van der Waals surface area contributed by atoms with Gasteiger partial charge in [-0.3, -0.25) is 9.59 Å². The Bertz CT molecular complexity index is 1300. The van der Waals surface area contributed by atoms with Crippen LogP contribution in [0, 0.1) is 0 Å². The van der Waals surface area contributed by atoms with Gasteiger partial charge in [0.15, 0.2) is 16.9 Å². The van der Waals surface area contributed by atoms with E-state index in [-0.39, 0.29) is 17.1 Å². The topological polar surface area (TPSA) is 81.5 Å². The summed E-state index contributed by atoms with van der Waals surface area (Å²) in [5, 5.41) is 0.417. The lowest BCUT2D eigenvalue weighted by Crippen LogP contribution is -2.33. The standard InChI is InChI=1S/C28H34N2O6/c1-6-29(7-2)14-9-15-30-25(18-10-13-21(33-4)23(16-18)34-5)24-26(31)20-12-11-19(35-8-3)17-22(20)36-27(24)28(30)32/h10-13,16-17,25H,6-9,14-15H2,1-5H3. The van der Waals surface area contributed by atoms with E-state index in [0.717, 1.165) is 31.6 Å². The Morgan fingerprint density at radius 3 is 2.39 bits per heavy atom. The van der Waals surface area contributed by atoms with Gasteiger partial charge in [0.25, 0.3) is 5.91 Å². The Kier molecular flexibility index (Phi) is 7.84. The lowest BCUT2D eigenvalue weighted by Gasteiger charge is -2.27. The molecule has 0 aliphatic carbocycles. The predicted molar refractivity (Wildman–Crippen MR) is 138 cm³/mol. The van der Waals surface area contributed by atoms with E-state index in [1.807, 2.05) is 19.1 Å². The molecule has 0 bridgehead atoms. The zero-order valence-electron chi connectivity index (χ0n) is 21.6. The average molecular weight is 495 g/mol. The Labute approximate surface area is 211 Å². The number of rotatable bonds is 11. The van der Waals surface area contributed by atoms with Gasteiger partial charge in [0.05, 0.1) is 37.8 Å². The molecule has 1 amide bonds. The largest absolute Gasteiger partial charge is 0.494 e. The Morgan fingerprint density at radius 2 is 1.72 bits per heavy atom. The predicted octanol–water partition coefficient (Wildman–Crippen LogP) is 4.49. The number of carbonyl (C=O) groups is 1. The number of benzene rings is 2. The molecule has 1 atom stereocenters. The summed E-state index contributed by atoms with van der Waals surface area (Å²) in [4.78, 5) is 31.5. The fraction of sp³-hybridized carbons (Fsp3) is 0.429. The van der Waals surface area contributed by atoms with Crippen molar-refractivity contribution in [1.82, 2.24) is 9.80 Å². The van der Waals surface area contributed by atoms with E-state index >= 15 is 0 Å². The maximum atomic E-state index is 13.8. The Morgan fingerprint density at radius 1 is 0.972 bits per heavy atom. The number of carbonyl (C=O) groups excluding carboxylic acids is 1. The molecule has 192 valence electrons. The fourth-order valence-corrected chi connectivity index (χ4v) is 4.86. The molecule has 0 N–H and O–H groups in total. The number of amides is 1. The van der Waals surface area contributed by atoms with E-state index in [0.29, 0.717) is 46.9 Å². The van der Waals surface area contributed by atoms with Crippen molar-refractivity contribution in [2.75, 3.05) is 47.0 Å². The van der Waals surface area contributed by atoms with Crippen LogP contribution in [-0.2, 0) is 0 Å².